The van der Waals surface area contributed by atoms with E-state index in [4.69, 9.17) is 0 Å². The monoisotopic (exact) mass is 271 g/mol. The van der Waals surface area contributed by atoms with Gasteiger partial charge in [0.05, 0.1) is 0 Å². The van der Waals surface area contributed by atoms with Crippen LogP contribution in [0, 0.1) is 11.3 Å². The molecule has 3 rings (SSSR count). The summed E-state index contributed by atoms with van der Waals surface area (Å²) in [5.41, 5.74) is 2.54. The Kier molecular flexibility index (Phi) is 3.20. The smallest absolute Gasteiger partial charge is 0.204 e. The summed E-state index contributed by atoms with van der Waals surface area (Å²) in [5, 5.41) is 17.8. The summed E-state index contributed by atoms with van der Waals surface area (Å²) in [6.45, 7) is 7.03. The molecular weight excluding hydrogens is 250 g/mol. The van der Waals surface area contributed by atoms with Gasteiger partial charge in [-0.05, 0) is 41.5 Å². The molecule has 1 aromatic heterocycles. The van der Waals surface area contributed by atoms with Crippen molar-refractivity contribution < 1.29 is 0 Å². The standard InChI is InChI=1S/C15H21N5/c1-10-8-15(2,3)9-13(10)16-12-6-4-5-11(7-12)14-17-19-20-18-14/h4-7,10,13,16H,8-9H2,1-3H3,(H,17,18,19,20). The normalized spacial score (nSPS) is 24.8. The van der Waals surface area contributed by atoms with Gasteiger partial charge in [-0.2, -0.15) is 5.21 Å². The van der Waals surface area contributed by atoms with Gasteiger partial charge in [-0.15, -0.1) is 10.2 Å². The van der Waals surface area contributed by atoms with Gasteiger partial charge < -0.3 is 5.32 Å². The summed E-state index contributed by atoms with van der Waals surface area (Å²) < 4.78 is 0. The molecule has 0 radical (unpaired) electrons. The van der Waals surface area contributed by atoms with Crippen LogP contribution in [-0.4, -0.2) is 26.7 Å². The lowest BCUT2D eigenvalue weighted by Gasteiger charge is -2.20. The lowest BCUT2D eigenvalue weighted by molar-refractivity contribution is 0.366. The highest BCUT2D eigenvalue weighted by Crippen LogP contribution is 2.42. The molecule has 2 aromatic rings. The predicted octanol–water partition coefficient (Wildman–Crippen LogP) is 3.10. The minimum atomic E-state index is 0.433. The second-order valence-electron chi connectivity index (χ2n) is 6.62. The van der Waals surface area contributed by atoms with E-state index >= 15 is 0 Å². The molecule has 0 aliphatic heterocycles. The lowest BCUT2D eigenvalue weighted by Crippen LogP contribution is -2.22. The maximum atomic E-state index is 4.02. The van der Waals surface area contributed by atoms with Crippen molar-refractivity contribution in [1.82, 2.24) is 20.6 Å². The Labute approximate surface area is 119 Å². The molecule has 1 aliphatic rings. The van der Waals surface area contributed by atoms with Gasteiger partial charge in [-0.3, -0.25) is 0 Å². The van der Waals surface area contributed by atoms with Crippen LogP contribution >= 0.6 is 0 Å². The summed E-state index contributed by atoms with van der Waals surface area (Å²) in [5.74, 6) is 1.33. The van der Waals surface area contributed by atoms with Crippen molar-refractivity contribution in [2.24, 2.45) is 11.3 Å². The summed E-state index contributed by atoms with van der Waals surface area (Å²) in [6.07, 6.45) is 2.48. The molecule has 2 atom stereocenters. The molecule has 20 heavy (non-hydrogen) atoms. The molecule has 2 N–H and O–H groups in total. The average molecular weight is 271 g/mol. The number of rotatable bonds is 3. The van der Waals surface area contributed by atoms with Gasteiger partial charge in [0.15, 0.2) is 0 Å². The van der Waals surface area contributed by atoms with Gasteiger partial charge in [0.1, 0.15) is 0 Å². The maximum Gasteiger partial charge on any atom is 0.204 e. The minimum absolute atomic E-state index is 0.433. The molecule has 1 aliphatic carbocycles. The third kappa shape index (κ3) is 2.66. The van der Waals surface area contributed by atoms with Gasteiger partial charge in [0.2, 0.25) is 5.82 Å². The number of benzene rings is 1. The first-order valence-electron chi connectivity index (χ1n) is 7.14. The van der Waals surface area contributed by atoms with E-state index in [0.29, 0.717) is 23.2 Å². The van der Waals surface area contributed by atoms with Gasteiger partial charge in [-0.25, -0.2) is 0 Å². The van der Waals surface area contributed by atoms with Crippen LogP contribution in [0.15, 0.2) is 24.3 Å². The fourth-order valence-corrected chi connectivity index (χ4v) is 3.33. The van der Waals surface area contributed by atoms with E-state index in [1.165, 1.54) is 12.8 Å². The fourth-order valence-electron chi connectivity index (χ4n) is 3.33. The highest BCUT2D eigenvalue weighted by molar-refractivity contribution is 5.62. The molecule has 106 valence electrons. The lowest BCUT2D eigenvalue weighted by atomic mass is 9.91. The molecule has 1 aromatic carbocycles. The quantitative estimate of drug-likeness (QED) is 0.900. The van der Waals surface area contributed by atoms with Gasteiger partial charge >= 0.3 is 0 Å². The summed E-state index contributed by atoms with van der Waals surface area (Å²) in [4.78, 5) is 0. The Bertz CT molecular complexity index is 576. The SMILES string of the molecule is CC1CC(C)(C)CC1Nc1cccc(-c2nn[nH]n2)c1. The third-order valence-corrected chi connectivity index (χ3v) is 4.15. The Morgan fingerprint density at radius 3 is 2.80 bits per heavy atom. The minimum Gasteiger partial charge on any atom is -0.382 e. The van der Waals surface area contributed by atoms with Crippen molar-refractivity contribution in [2.45, 2.75) is 39.7 Å². The Balaban J connectivity index is 1.77. The molecule has 5 nitrogen and oxygen atoms in total. The van der Waals surface area contributed by atoms with Crippen LogP contribution in [0.2, 0.25) is 0 Å². The van der Waals surface area contributed by atoms with Gasteiger partial charge in [0.25, 0.3) is 0 Å². The van der Waals surface area contributed by atoms with E-state index in [1.807, 2.05) is 12.1 Å². The van der Waals surface area contributed by atoms with E-state index < -0.39 is 0 Å². The van der Waals surface area contributed by atoms with Crippen molar-refractivity contribution in [3.05, 3.63) is 24.3 Å². The van der Waals surface area contributed by atoms with Crippen LogP contribution in [0.4, 0.5) is 5.69 Å². The van der Waals surface area contributed by atoms with Crippen LogP contribution in [0.1, 0.15) is 33.6 Å². The van der Waals surface area contributed by atoms with Crippen LogP contribution < -0.4 is 5.32 Å². The number of aromatic nitrogens is 4. The number of H-pyrrole nitrogens is 1. The molecule has 0 bridgehead atoms. The average Bonchev–Trinajstić information content (AvgIpc) is 2.98. The summed E-state index contributed by atoms with van der Waals surface area (Å²) in [7, 11) is 0. The second-order valence-corrected chi connectivity index (χ2v) is 6.62. The molecule has 2 unspecified atom stereocenters. The Morgan fingerprint density at radius 2 is 2.15 bits per heavy atom. The van der Waals surface area contributed by atoms with Crippen LogP contribution in [0.3, 0.4) is 0 Å². The zero-order valence-electron chi connectivity index (χ0n) is 12.2. The maximum absolute atomic E-state index is 4.02. The van der Waals surface area contributed by atoms with Crippen molar-refractivity contribution >= 4 is 5.69 Å². The number of nitrogens with one attached hydrogen (secondary N) is 2. The van der Waals surface area contributed by atoms with Crippen LogP contribution in [0.25, 0.3) is 11.4 Å². The van der Waals surface area contributed by atoms with Crippen LogP contribution in [0.5, 0.6) is 0 Å². The number of hydrogen-bond donors (Lipinski definition) is 2. The van der Waals surface area contributed by atoms with E-state index in [2.05, 4.69) is 58.8 Å². The highest BCUT2D eigenvalue weighted by atomic mass is 15.5. The van der Waals surface area contributed by atoms with Crippen molar-refractivity contribution in [3.8, 4) is 11.4 Å². The summed E-state index contributed by atoms with van der Waals surface area (Å²) >= 11 is 0. The van der Waals surface area contributed by atoms with Gasteiger partial charge in [0, 0.05) is 17.3 Å². The van der Waals surface area contributed by atoms with Crippen molar-refractivity contribution in [3.63, 3.8) is 0 Å². The van der Waals surface area contributed by atoms with Crippen molar-refractivity contribution in [2.75, 3.05) is 5.32 Å². The Hall–Kier alpha value is -1.91. The zero-order chi connectivity index (χ0) is 14.2. The van der Waals surface area contributed by atoms with Crippen LogP contribution in [-0.2, 0) is 0 Å². The molecule has 1 saturated carbocycles. The molecule has 5 heteroatoms. The number of tetrazole rings is 1. The molecule has 0 amide bonds. The second kappa shape index (κ2) is 4.89. The van der Waals surface area contributed by atoms with E-state index in [-0.39, 0.29) is 0 Å². The number of hydrogen-bond acceptors (Lipinski definition) is 4. The molecule has 0 spiro atoms. The number of nitrogens with zero attached hydrogens (tertiary/aromatic N) is 3. The van der Waals surface area contributed by atoms with E-state index in [0.717, 1.165) is 11.3 Å². The molecule has 1 fully saturated rings. The largest absolute Gasteiger partial charge is 0.382 e. The number of aromatic amines is 1. The number of anilines is 1. The first kappa shape index (κ1) is 13.1. The fraction of sp³-hybridized carbons (Fsp3) is 0.533. The molecule has 0 saturated heterocycles. The third-order valence-electron chi connectivity index (χ3n) is 4.15. The van der Waals surface area contributed by atoms with E-state index in [1.54, 1.807) is 0 Å². The van der Waals surface area contributed by atoms with E-state index in [9.17, 15) is 0 Å². The summed E-state index contributed by atoms with van der Waals surface area (Å²) in [6, 6.07) is 8.74. The first-order valence-corrected chi connectivity index (χ1v) is 7.14. The topological polar surface area (TPSA) is 66.5 Å². The van der Waals surface area contributed by atoms with Crippen molar-refractivity contribution in [1.29, 1.82) is 0 Å². The zero-order valence-corrected chi connectivity index (χ0v) is 12.2. The first-order chi connectivity index (χ1) is 9.53. The highest BCUT2D eigenvalue weighted by Gasteiger charge is 2.36. The predicted molar refractivity (Wildman–Crippen MR) is 79.2 cm³/mol. The molecular formula is C15H21N5. The van der Waals surface area contributed by atoms with Gasteiger partial charge in [-0.1, -0.05) is 32.9 Å². The molecule has 1 heterocycles. The Morgan fingerprint density at radius 1 is 1.30 bits per heavy atom.